The Morgan fingerprint density at radius 3 is 2.73 bits per heavy atom. The van der Waals surface area contributed by atoms with E-state index in [4.69, 9.17) is 9.47 Å². The van der Waals surface area contributed by atoms with E-state index in [-0.39, 0.29) is 17.7 Å². The molecule has 0 amide bonds. The van der Waals surface area contributed by atoms with E-state index in [2.05, 4.69) is 11.5 Å². The van der Waals surface area contributed by atoms with Crippen LogP contribution in [0.3, 0.4) is 0 Å². The molecule has 86 valence electrons. The van der Waals surface area contributed by atoms with Crippen LogP contribution in [0.1, 0.15) is 0 Å². The highest BCUT2D eigenvalue weighted by molar-refractivity contribution is 5.01. The van der Waals surface area contributed by atoms with Crippen LogP contribution in [0.4, 0.5) is 4.39 Å². The van der Waals surface area contributed by atoms with Crippen LogP contribution in [0.15, 0.2) is 12.4 Å². The van der Waals surface area contributed by atoms with Gasteiger partial charge < -0.3 is 9.47 Å². The average molecular weight is 215 g/mol. The first kappa shape index (κ1) is 11.0. The van der Waals surface area contributed by atoms with Crippen LogP contribution < -0.4 is 0 Å². The normalized spacial score (nSPS) is 32.9. The summed E-state index contributed by atoms with van der Waals surface area (Å²) in [4.78, 5) is 2.29. The van der Waals surface area contributed by atoms with Gasteiger partial charge in [-0.25, -0.2) is 4.39 Å². The summed E-state index contributed by atoms with van der Waals surface area (Å²) in [5, 5.41) is 0. The summed E-state index contributed by atoms with van der Waals surface area (Å²) < 4.78 is 23.5. The maximum atomic E-state index is 13.2. The van der Waals surface area contributed by atoms with E-state index in [1.807, 2.05) is 0 Å². The Morgan fingerprint density at radius 1 is 1.53 bits per heavy atom. The molecule has 2 rings (SSSR count). The van der Waals surface area contributed by atoms with E-state index in [1.54, 1.807) is 7.11 Å². The summed E-state index contributed by atoms with van der Waals surface area (Å²) in [6, 6.07) is 0.480. The van der Waals surface area contributed by atoms with Gasteiger partial charge in [0, 0.05) is 32.0 Å². The van der Waals surface area contributed by atoms with Crippen molar-refractivity contribution in [1.82, 2.24) is 4.90 Å². The summed E-state index contributed by atoms with van der Waals surface area (Å²) in [6.07, 6.45) is 0. The Balaban J connectivity index is 1.94. The Kier molecular flexibility index (Phi) is 3.38. The van der Waals surface area contributed by atoms with E-state index in [9.17, 15) is 4.39 Å². The third-order valence-electron chi connectivity index (χ3n) is 3.39. The predicted octanol–water partition coefficient (Wildman–Crippen LogP) is 1.06. The smallest absolute Gasteiger partial charge is 0.0975 e. The fourth-order valence-corrected chi connectivity index (χ4v) is 2.37. The number of hydrogen-bond acceptors (Lipinski definition) is 3. The van der Waals surface area contributed by atoms with E-state index in [0.717, 1.165) is 26.3 Å². The molecule has 0 unspecified atom stereocenters. The highest BCUT2D eigenvalue weighted by atomic mass is 19.1. The predicted molar refractivity (Wildman–Crippen MR) is 55.3 cm³/mol. The molecule has 2 fully saturated rings. The second kappa shape index (κ2) is 4.60. The van der Waals surface area contributed by atoms with Gasteiger partial charge in [-0.3, -0.25) is 4.90 Å². The Bertz CT molecular complexity index is 243. The van der Waals surface area contributed by atoms with E-state index >= 15 is 0 Å². The number of methoxy groups -OCH3 is 1. The highest BCUT2D eigenvalue weighted by Crippen LogP contribution is 2.32. The molecule has 2 heterocycles. The van der Waals surface area contributed by atoms with Crippen LogP contribution in [0.2, 0.25) is 0 Å². The van der Waals surface area contributed by atoms with Crippen LogP contribution in [0, 0.1) is 11.8 Å². The molecule has 3 nitrogen and oxygen atoms in total. The minimum Gasteiger partial charge on any atom is -0.384 e. The zero-order chi connectivity index (χ0) is 10.8. The van der Waals surface area contributed by atoms with E-state index in [0.29, 0.717) is 12.6 Å². The summed E-state index contributed by atoms with van der Waals surface area (Å²) in [7, 11) is 1.66. The van der Waals surface area contributed by atoms with Crippen molar-refractivity contribution in [3.63, 3.8) is 0 Å². The van der Waals surface area contributed by atoms with Gasteiger partial charge in [0.05, 0.1) is 31.7 Å². The third-order valence-corrected chi connectivity index (χ3v) is 3.39. The molecule has 0 N–H and O–H groups in total. The molecule has 0 aromatic rings. The molecule has 0 aromatic carbocycles. The van der Waals surface area contributed by atoms with Crippen molar-refractivity contribution in [2.45, 2.75) is 6.04 Å². The molecule has 0 saturated carbocycles. The summed E-state index contributed by atoms with van der Waals surface area (Å²) in [5.74, 6) is -0.0292. The second-order valence-corrected chi connectivity index (χ2v) is 4.41. The first-order valence-corrected chi connectivity index (χ1v) is 5.37. The molecular weight excluding hydrogens is 197 g/mol. The van der Waals surface area contributed by atoms with Crippen LogP contribution in [-0.4, -0.2) is 51.0 Å². The summed E-state index contributed by atoms with van der Waals surface area (Å²) in [6.45, 7) is 7.26. The monoisotopic (exact) mass is 215 g/mol. The lowest BCUT2D eigenvalue weighted by Gasteiger charge is -2.34. The van der Waals surface area contributed by atoms with Gasteiger partial charge in [-0.1, -0.05) is 6.58 Å². The van der Waals surface area contributed by atoms with Gasteiger partial charge >= 0.3 is 0 Å². The SMILES string of the molecule is C=C(F)[C@H]1CN(C2COC2)C[C@@H]1COC. The number of nitrogens with zero attached hydrogens (tertiary/aromatic N) is 1. The van der Waals surface area contributed by atoms with E-state index in [1.165, 1.54) is 0 Å². The molecule has 15 heavy (non-hydrogen) atoms. The second-order valence-electron chi connectivity index (χ2n) is 4.41. The van der Waals surface area contributed by atoms with Gasteiger partial charge in [0.1, 0.15) is 0 Å². The first-order valence-electron chi connectivity index (χ1n) is 5.37. The van der Waals surface area contributed by atoms with Crippen LogP contribution in [0.5, 0.6) is 0 Å². The Hall–Kier alpha value is -0.450. The van der Waals surface area contributed by atoms with Gasteiger partial charge in [-0.05, 0) is 0 Å². The molecule has 0 aromatic heterocycles. The van der Waals surface area contributed by atoms with Crippen molar-refractivity contribution in [3.05, 3.63) is 12.4 Å². The maximum absolute atomic E-state index is 13.2. The molecule has 2 atom stereocenters. The number of likely N-dealkylation sites (tertiary alicyclic amines) is 1. The lowest BCUT2D eigenvalue weighted by Crippen LogP contribution is -2.48. The Morgan fingerprint density at radius 2 is 2.27 bits per heavy atom. The number of halogens is 1. The van der Waals surface area contributed by atoms with Gasteiger partial charge in [0.2, 0.25) is 0 Å². The minimum absolute atomic E-state index is 0.0643. The first-order chi connectivity index (χ1) is 7.22. The molecule has 2 aliphatic rings. The number of rotatable bonds is 4. The number of ether oxygens (including phenoxy) is 2. The molecule has 0 radical (unpaired) electrons. The fraction of sp³-hybridized carbons (Fsp3) is 0.818. The molecule has 0 bridgehead atoms. The lowest BCUT2D eigenvalue weighted by molar-refractivity contribution is -0.0592. The Labute approximate surface area is 89.8 Å². The standard InChI is InChI=1S/C11H18FNO2/c1-8(12)11-4-13(10-6-15-7-10)3-9(11)5-14-2/h9-11H,1,3-7H2,2H3/t9-,11-/m1/s1. The average Bonchev–Trinajstić information content (AvgIpc) is 2.46. The summed E-state index contributed by atoms with van der Waals surface area (Å²) >= 11 is 0. The molecule has 0 spiro atoms. The van der Waals surface area contributed by atoms with Crippen molar-refractivity contribution in [3.8, 4) is 0 Å². The van der Waals surface area contributed by atoms with Gasteiger partial charge in [-0.2, -0.15) is 0 Å². The van der Waals surface area contributed by atoms with Crippen molar-refractivity contribution in [2.24, 2.45) is 11.8 Å². The lowest BCUT2D eigenvalue weighted by atomic mass is 9.96. The minimum atomic E-state index is -0.209. The van der Waals surface area contributed by atoms with Crippen molar-refractivity contribution in [2.75, 3.05) is 40.0 Å². The van der Waals surface area contributed by atoms with Crippen LogP contribution >= 0.6 is 0 Å². The zero-order valence-electron chi connectivity index (χ0n) is 9.12. The molecule has 4 heteroatoms. The third kappa shape index (κ3) is 2.22. The van der Waals surface area contributed by atoms with E-state index < -0.39 is 0 Å². The topological polar surface area (TPSA) is 21.7 Å². The number of hydrogen-bond donors (Lipinski definition) is 0. The quantitative estimate of drug-likeness (QED) is 0.700. The van der Waals surface area contributed by atoms with Crippen molar-refractivity contribution in [1.29, 1.82) is 0 Å². The van der Waals surface area contributed by atoms with Crippen molar-refractivity contribution >= 4 is 0 Å². The molecule has 0 aliphatic carbocycles. The molecule has 2 saturated heterocycles. The zero-order valence-corrected chi connectivity index (χ0v) is 9.12. The molecule has 2 aliphatic heterocycles. The fourth-order valence-electron chi connectivity index (χ4n) is 2.37. The van der Waals surface area contributed by atoms with Crippen molar-refractivity contribution < 1.29 is 13.9 Å². The van der Waals surface area contributed by atoms with Gasteiger partial charge in [0.15, 0.2) is 0 Å². The maximum Gasteiger partial charge on any atom is 0.0975 e. The van der Waals surface area contributed by atoms with Gasteiger partial charge in [-0.15, -0.1) is 0 Å². The highest BCUT2D eigenvalue weighted by Gasteiger charge is 2.39. The van der Waals surface area contributed by atoms with Crippen LogP contribution in [-0.2, 0) is 9.47 Å². The summed E-state index contributed by atoms with van der Waals surface area (Å²) in [5.41, 5.74) is 0. The largest absolute Gasteiger partial charge is 0.384 e. The van der Waals surface area contributed by atoms with Crippen LogP contribution in [0.25, 0.3) is 0 Å². The molecular formula is C11H18FNO2. The van der Waals surface area contributed by atoms with Gasteiger partial charge in [0.25, 0.3) is 0 Å².